The third-order valence-corrected chi connectivity index (χ3v) is 2.64. The van der Waals surface area contributed by atoms with E-state index in [0.717, 1.165) is 0 Å². The standard InChI is InChI=1S/C10H13N3O3/c1-16-10(15)6-4-7(11)9(14)13-3-2-12-5-8(6)13/h4,12H,2-3,5,11H2,1H3. The zero-order valence-corrected chi connectivity index (χ0v) is 8.95. The van der Waals surface area contributed by atoms with Crippen LogP contribution in [0.4, 0.5) is 5.69 Å². The van der Waals surface area contributed by atoms with Gasteiger partial charge in [0.1, 0.15) is 0 Å². The van der Waals surface area contributed by atoms with Gasteiger partial charge in [0.2, 0.25) is 0 Å². The Morgan fingerprint density at radius 2 is 2.38 bits per heavy atom. The van der Waals surface area contributed by atoms with E-state index in [4.69, 9.17) is 5.73 Å². The van der Waals surface area contributed by atoms with Crippen molar-refractivity contribution in [2.75, 3.05) is 19.4 Å². The maximum absolute atomic E-state index is 11.7. The number of carbonyl (C=O) groups is 1. The Kier molecular flexibility index (Phi) is 2.66. The van der Waals surface area contributed by atoms with Gasteiger partial charge >= 0.3 is 5.97 Å². The predicted molar refractivity (Wildman–Crippen MR) is 58.2 cm³/mol. The van der Waals surface area contributed by atoms with Crippen LogP contribution in [-0.4, -0.2) is 24.2 Å². The molecule has 2 rings (SSSR count). The number of pyridine rings is 1. The van der Waals surface area contributed by atoms with Crippen molar-refractivity contribution in [2.45, 2.75) is 13.1 Å². The highest BCUT2D eigenvalue weighted by Gasteiger charge is 2.20. The molecule has 1 aromatic rings. The molecule has 6 heteroatoms. The van der Waals surface area contributed by atoms with E-state index in [-0.39, 0.29) is 11.2 Å². The molecule has 0 fully saturated rings. The Morgan fingerprint density at radius 1 is 1.62 bits per heavy atom. The first kappa shape index (κ1) is 10.7. The van der Waals surface area contributed by atoms with Crippen LogP contribution in [0.3, 0.4) is 0 Å². The molecule has 0 amide bonds. The number of esters is 1. The highest BCUT2D eigenvalue weighted by atomic mass is 16.5. The number of carbonyl (C=O) groups excluding carboxylic acids is 1. The van der Waals surface area contributed by atoms with Gasteiger partial charge in [0.15, 0.2) is 0 Å². The molecule has 16 heavy (non-hydrogen) atoms. The number of hydrogen-bond acceptors (Lipinski definition) is 5. The van der Waals surface area contributed by atoms with Crippen LogP contribution in [0.1, 0.15) is 16.1 Å². The SMILES string of the molecule is COC(=O)c1cc(N)c(=O)n2c1CNCC2. The van der Waals surface area contributed by atoms with Gasteiger partial charge < -0.3 is 20.4 Å². The van der Waals surface area contributed by atoms with Gasteiger partial charge in [0.05, 0.1) is 18.4 Å². The molecule has 0 bridgehead atoms. The van der Waals surface area contributed by atoms with Crippen molar-refractivity contribution in [3.05, 3.63) is 27.7 Å². The molecule has 1 aliphatic rings. The maximum Gasteiger partial charge on any atom is 0.339 e. The fourth-order valence-electron chi connectivity index (χ4n) is 1.84. The lowest BCUT2D eigenvalue weighted by Gasteiger charge is -2.21. The van der Waals surface area contributed by atoms with E-state index in [2.05, 4.69) is 10.1 Å². The minimum Gasteiger partial charge on any atom is -0.465 e. The number of aromatic nitrogens is 1. The maximum atomic E-state index is 11.7. The van der Waals surface area contributed by atoms with E-state index in [1.165, 1.54) is 17.7 Å². The zero-order chi connectivity index (χ0) is 11.7. The molecule has 0 atom stereocenters. The minimum atomic E-state index is -0.473. The van der Waals surface area contributed by atoms with Crippen molar-refractivity contribution < 1.29 is 9.53 Å². The molecule has 0 saturated carbocycles. The first-order valence-electron chi connectivity index (χ1n) is 4.96. The molecule has 6 nitrogen and oxygen atoms in total. The second-order valence-electron chi connectivity index (χ2n) is 3.59. The Balaban J connectivity index is 2.66. The molecular formula is C10H13N3O3. The van der Waals surface area contributed by atoms with Crippen LogP contribution >= 0.6 is 0 Å². The van der Waals surface area contributed by atoms with Gasteiger partial charge in [0.25, 0.3) is 5.56 Å². The molecule has 3 N–H and O–H groups in total. The molecule has 1 aliphatic heterocycles. The summed E-state index contributed by atoms with van der Waals surface area (Å²) in [5.41, 5.74) is 6.39. The van der Waals surface area contributed by atoms with Crippen LogP contribution in [-0.2, 0) is 17.8 Å². The molecule has 0 radical (unpaired) electrons. The lowest BCUT2D eigenvalue weighted by molar-refractivity contribution is 0.0597. The molecule has 0 aliphatic carbocycles. The van der Waals surface area contributed by atoms with Crippen LogP contribution in [0.2, 0.25) is 0 Å². The summed E-state index contributed by atoms with van der Waals surface area (Å²) < 4.78 is 6.19. The van der Waals surface area contributed by atoms with Crippen LogP contribution in [0.5, 0.6) is 0 Å². The number of methoxy groups -OCH3 is 1. The van der Waals surface area contributed by atoms with E-state index in [0.29, 0.717) is 30.9 Å². The summed E-state index contributed by atoms with van der Waals surface area (Å²) in [6, 6.07) is 1.38. The third-order valence-electron chi connectivity index (χ3n) is 2.64. The predicted octanol–water partition coefficient (Wildman–Crippen LogP) is -0.680. The number of nitrogens with two attached hydrogens (primary N) is 1. The lowest BCUT2D eigenvalue weighted by Crippen LogP contribution is -2.38. The summed E-state index contributed by atoms with van der Waals surface area (Å²) in [5.74, 6) is -0.473. The third kappa shape index (κ3) is 1.57. The fraction of sp³-hybridized carbons (Fsp3) is 0.400. The number of fused-ring (bicyclic) bond motifs is 1. The van der Waals surface area contributed by atoms with Gasteiger partial charge in [-0.2, -0.15) is 0 Å². The van der Waals surface area contributed by atoms with Gasteiger partial charge in [-0.3, -0.25) is 4.79 Å². The quantitative estimate of drug-likeness (QED) is 0.616. The van der Waals surface area contributed by atoms with Crippen molar-refractivity contribution in [1.29, 1.82) is 0 Å². The van der Waals surface area contributed by atoms with Crippen LogP contribution in [0.15, 0.2) is 10.9 Å². The molecule has 0 unspecified atom stereocenters. The van der Waals surface area contributed by atoms with Crippen molar-refractivity contribution in [2.24, 2.45) is 0 Å². The van der Waals surface area contributed by atoms with Gasteiger partial charge in [-0.05, 0) is 6.07 Å². The van der Waals surface area contributed by atoms with Crippen molar-refractivity contribution >= 4 is 11.7 Å². The molecule has 0 saturated heterocycles. The second kappa shape index (κ2) is 3.97. The molecule has 0 aromatic carbocycles. The number of nitrogens with one attached hydrogen (secondary N) is 1. The topological polar surface area (TPSA) is 86.3 Å². The lowest BCUT2D eigenvalue weighted by atomic mass is 10.1. The second-order valence-corrected chi connectivity index (χ2v) is 3.59. The van der Waals surface area contributed by atoms with Gasteiger partial charge in [-0.25, -0.2) is 4.79 Å². The summed E-state index contributed by atoms with van der Waals surface area (Å²) in [6.45, 7) is 1.68. The van der Waals surface area contributed by atoms with E-state index in [1.54, 1.807) is 0 Å². The summed E-state index contributed by atoms with van der Waals surface area (Å²) in [6.07, 6.45) is 0. The highest BCUT2D eigenvalue weighted by Crippen LogP contribution is 2.13. The van der Waals surface area contributed by atoms with Crippen molar-refractivity contribution in [1.82, 2.24) is 9.88 Å². The highest BCUT2D eigenvalue weighted by molar-refractivity contribution is 5.91. The molecule has 1 aromatic heterocycles. The number of nitrogens with zero attached hydrogens (tertiary/aromatic N) is 1. The Hall–Kier alpha value is -1.82. The summed E-state index contributed by atoms with van der Waals surface area (Å²) in [4.78, 5) is 23.3. The number of nitrogen functional groups attached to an aromatic ring is 1. The van der Waals surface area contributed by atoms with Gasteiger partial charge in [-0.1, -0.05) is 0 Å². The van der Waals surface area contributed by atoms with E-state index in [1.807, 2.05) is 0 Å². The Bertz CT molecular complexity index is 493. The van der Waals surface area contributed by atoms with Crippen LogP contribution in [0.25, 0.3) is 0 Å². The Morgan fingerprint density at radius 3 is 3.06 bits per heavy atom. The smallest absolute Gasteiger partial charge is 0.339 e. The number of ether oxygens (including phenoxy) is 1. The molecule has 2 heterocycles. The first-order valence-corrected chi connectivity index (χ1v) is 4.96. The van der Waals surface area contributed by atoms with Gasteiger partial charge in [0, 0.05) is 25.3 Å². The number of hydrogen-bond donors (Lipinski definition) is 2. The molecule has 86 valence electrons. The van der Waals surface area contributed by atoms with E-state index < -0.39 is 5.97 Å². The monoisotopic (exact) mass is 223 g/mol. The van der Waals surface area contributed by atoms with E-state index >= 15 is 0 Å². The summed E-state index contributed by atoms with van der Waals surface area (Å²) in [5, 5.41) is 3.10. The fourth-order valence-corrected chi connectivity index (χ4v) is 1.84. The summed E-state index contributed by atoms with van der Waals surface area (Å²) in [7, 11) is 1.30. The first-order chi connectivity index (χ1) is 7.65. The Labute approximate surface area is 92.0 Å². The van der Waals surface area contributed by atoms with Crippen LogP contribution in [0, 0.1) is 0 Å². The summed E-state index contributed by atoms with van der Waals surface area (Å²) >= 11 is 0. The number of rotatable bonds is 1. The van der Waals surface area contributed by atoms with Crippen molar-refractivity contribution in [3.8, 4) is 0 Å². The minimum absolute atomic E-state index is 0.0750. The molecule has 0 spiro atoms. The van der Waals surface area contributed by atoms with Crippen LogP contribution < -0.4 is 16.6 Å². The number of anilines is 1. The average molecular weight is 223 g/mol. The van der Waals surface area contributed by atoms with E-state index in [9.17, 15) is 9.59 Å². The zero-order valence-electron chi connectivity index (χ0n) is 8.95. The normalized spacial score (nSPS) is 14.3. The molecular weight excluding hydrogens is 210 g/mol. The average Bonchev–Trinajstić information content (AvgIpc) is 2.33. The van der Waals surface area contributed by atoms with Gasteiger partial charge in [-0.15, -0.1) is 0 Å². The largest absolute Gasteiger partial charge is 0.465 e. The van der Waals surface area contributed by atoms with Crippen molar-refractivity contribution in [3.63, 3.8) is 0 Å².